The maximum absolute atomic E-state index is 11.0. The van der Waals surface area contributed by atoms with Crippen LogP contribution in [0.1, 0.15) is 47.0 Å². The Morgan fingerprint density at radius 2 is 2.06 bits per heavy atom. The third-order valence-electron chi connectivity index (χ3n) is 4.36. The van der Waals surface area contributed by atoms with Gasteiger partial charge >= 0.3 is 5.97 Å². The van der Waals surface area contributed by atoms with Crippen LogP contribution in [0.15, 0.2) is 0 Å². The number of rotatable bonds is 3. The van der Waals surface area contributed by atoms with Crippen LogP contribution < -0.4 is 0 Å². The topological polar surface area (TPSA) is 55.9 Å². The molecule has 0 aromatic carbocycles. The van der Waals surface area contributed by atoms with Crippen LogP contribution in [0.4, 0.5) is 0 Å². The Morgan fingerprint density at radius 3 is 2.53 bits per heavy atom. The van der Waals surface area contributed by atoms with Crippen molar-refractivity contribution in [1.82, 2.24) is 0 Å². The molecule has 3 atom stereocenters. The lowest BCUT2D eigenvalue weighted by Crippen LogP contribution is -2.48. The van der Waals surface area contributed by atoms with E-state index in [1.165, 1.54) is 6.92 Å². The van der Waals surface area contributed by atoms with Gasteiger partial charge in [-0.15, -0.1) is 0 Å². The first kappa shape index (κ1) is 12.6. The number of fused-ring (bicyclic) bond motifs is 1. The molecule has 0 radical (unpaired) electrons. The summed E-state index contributed by atoms with van der Waals surface area (Å²) in [5, 5.41) is 0. The standard InChI is InChI=1S/C13H20O4/c1-9(15)16-10-7-11(2,3)13(5-6-14)12(4,8-10)17-13/h6,10H,5,7-8H2,1-4H3/t10-,12?,13?/m0/s1. The van der Waals surface area contributed by atoms with Gasteiger partial charge in [0, 0.05) is 25.2 Å². The van der Waals surface area contributed by atoms with Crippen molar-refractivity contribution in [3.8, 4) is 0 Å². The molecule has 4 nitrogen and oxygen atoms in total. The summed E-state index contributed by atoms with van der Waals surface area (Å²) in [7, 11) is 0. The highest BCUT2D eigenvalue weighted by molar-refractivity contribution is 5.66. The van der Waals surface area contributed by atoms with E-state index in [0.717, 1.165) is 12.7 Å². The first-order valence-electron chi connectivity index (χ1n) is 6.07. The maximum Gasteiger partial charge on any atom is 0.302 e. The number of hydrogen-bond donors (Lipinski definition) is 0. The molecular weight excluding hydrogens is 220 g/mol. The molecule has 0 bridgehead atoms. The van der Waals surface area contributed by atoms with E-state index in [-0.39, 0.29) is 28.7 Å². The lowest BCUT2D eigenvalue weighted by molar-refractivity contribution is -0.150. The van der Waals surface area contributed by atoms with Crippen LogP contribution in [-0.4, -0.2) is 29.6 Å². The van der Waals surface area contributed by atoms with E-state index in [0.29, 0.717) is 12.8 Å². The Bertz CT molecular complexity index is 362. The van der Waals surface area contributed by atoms with Crippen molar-refractivity contribution in [2.45, 2.75) is 64.3 Å². The number of epoxide rings is 1. The minimum absolute atomic E-state index is 0.102. The number of carbonyl (C=O) groups is 2. The second-order valence-corrected chi connectivity index (χ2v) is 6.05. The van der Waals surface area contributed by atoms with Gasteiger partial charge in [0.2, 0.25) is 0 Å². The van der Waals surface area contributed by atoms with Crippen molar-refractivity contribution in [3.05, 3.63) is 0 Å². The van der Waals surface area contributed by atoms with Crippen molar-refractivity contribution in [2.24, 2.45) is 5.41 Å². The molecule has 2 unspecified atom stereocenters. The van der Waals surface area contributed by atoms with Gasteiger partial charge in [0.15, 0.2) is 0 Å². The predicted molar refractivity (Wildman–Crippen MR) is 61.5 cm³/mol. The van der Waals surface area contributed by atoms with E-state index >= 15 is 0 Å². The molecule has 2 aliphatic rings. The summed E-state index contributed by atoms with van der Waals surface area (Å²) in [6, 6.07) is 0. The molecule has 0 amide bonds. The van der Waals surface area contributed by atoms with Gasteiger partial charge in [-0.2, -0.15) is 0 Å². The fourth-order valence-corrected chi connectivity index (χ4v) is 3.63. The largest absolute Gasteiger partial charge is 0.462 e. The van der Waals surface area contributed by atoms with Crippen molar-refractivity contribution in [3.63, 3.8) is 0 Å². The lowest BCUT2D eigenvalue weighted by atomic mass is 9.62. The van der Waals surface area contributed by atoms with E-state index in [1.54, 1.807) is 0 Å². The molecule has 1 saturated carbocycles. The zero-order valence-electron chi connectivity index (χ0n) is 10.9. The molecule has 2 fully saturated rings. The summed E-state index contributed by atoms with van der Waals surface area (Å²) in [4.78, 5) is 21.9. The van der Waals surface area contributed by atoms with Gasteiger partial charge in [-0.3, -0.25) is 4.79 Å². The summed E-state index contributed by atoms with van der Waals surface area (Å²) in [5.74, 6) is -0.252. The predicted octanol–water partition coefficient (Wildman–Crippen LogP) is 1.85. The zero-order chi connectivity index (χ0) is 12.9. The van der Waals surface area contributed by atoms with Gasteiger partial charge in [0.25, 0.3) is 0 Å². The van der Waals surface area contributed by atoms with Crippen molar-refractivity contribution in [1.29, 1.82) is 0 Å². The minimum atomic E-state index is -0.363. The fourth-order valence-electron chi connectivity index (χ4n) is 3.63. The third kappa shape index (κ3) is 1.69. The monoisotopic (exact) mass is 240 g/mol. The Balaban J connectivity index is 2.19. The second-order valence-electron chi connectivity index (χ2n) is 6.05. The van der Waals surface area contributed by atoms with Crippen LogP contribution >= 0.6 is 0 Å². The van der Waals surface area contributed by atoms with E-state index in [9.17, 15) is 9.59 Å². The smallest absolute Gasteiger partial charge is 0.302 e. The molecule has 17 heavy (non-hydrogen) atoms. The Morgan fingerprint density at radius 1 is 1.41 bits per heavy atom. The molecule has 0 spiro atoms. The van der Waals surface area contributed by atoms with Gasteiger partial charge in [-0.1, -0.05) is 13.8 Å². The van der Waals surface area contributed by atoms with Gasteiger partial charge < -0.3 is 14.3 Å². The quantitative estimate of drug-likeness (QED) is 0.429. The molecule has 0 N–H and O–H groups in total. The van der Waals surface area contributed by atoms with Gasteiger partial charge in [0.05, 0.1) is 5.60 Å². The van der Waals surface area contributed by atoms with Gasteiger partial charge in [-0.25, -0.2) is 0 Å². The van der Waals surface area contributed by atoms with Crippen LogP contribution in [0.2, 0.25) is 0 Å². The summed E-state index contributed by atoms with van der Waals surface area (Å²) < 4.78 is 11.2. The van der Waals surface area contributed by atoms with Crippen LogP contribution in [0.3, 0.4) is 0 Å². The van der Waals surface area contributed by atoms with Crippen LogP contribution in [0.25, 0.3) is 0 Å². The SMILES string of the molecule is CC(=O)O[C@H]1CC(C)(C)C2(CC=O)OC2(C)C1. The maximum atomic E-state index is 11.0. The highest BCUT2D eigenvalue weighted by Crippen LogP contribution is 2.66. The van der Waals surface area contributed by atoms with Crippen LogP contribution in [0.5, 0.6) is 0 Å². The third-order valence-corrected chi connectivity index (χ3v) is 4.36. The van der Waals surface area contributed by atoms with Crippen molar-refractivity contribution >= 4 is 12.3 Å². The molecule has 1 aliphatic carbocycles. The van der Waals surface area contributed by atoms with E-state index in [2.05, 4.69) is 13.8 Å². The first-order valence-corrected chi connectivity index (χ1v) is 6.07. The normalized spacial score (nSPS) is 42.5. The molecule has 2 rings (SSSR count). The van der Waals surface area contributed by atoms with Crippen LogP contribution in [0, 0.1) is 5.41 Å². The first-order chi connectivity index (χ1) is 7.76. The molecule has 0 aromatic heterocycles. The minimum Gasteiger partial charge on any atom is -0.462 e. The molecule has 1 saturated heterocycles. The summed E-state index contributed by atoms with van der Waals surface area (Å²) in [5.41, 5.74) is -0.838. The van der Waals surface area contributed by atoms with Crippen molar-refractivity contribution < 1.29 is 19.1 Å². The Labute approximate surface area is 102 Å². The summed E-state index contributed by atoms with van der Waals surface area (Å²) >= 11 is 0. The Kier molecular flexibility index (Phi) is 2.62. The van der Waals surface area contributed by atoms with Crippen LogP contribution in [-0.2, 0) is 19.1 Å². The Hall–Kier alpha value is -0.900. The number of esters is 1. The lowest BCUT2D eigenvalue weighted by Gasteiger charge is -2.40. The second kappa shape index (κ2) is 3.55. The fraction of sp³-hybridized carbons (Fsp3) is 0.846. The zero-order valence-corrected chi connectivity index (χ0v) is 10.9. The molecular formula is C13H20O4. The van der Waals surface area contributed by atoms with E-state index in [1.807, 2.05) is 6.92 Å². The van der Waals surface area contributed by atoms with E-state index < -0.39 is 0 Å². The molecule has 1 heterocycles. The van der Waals surface area contributed by atoms with Gasteiger partial charge in [-0.05, 0) is 13.3 Å². The molecule has 1 aliphatic heterocycles. The average molecular weight is 240 g/mol. The van der Waals surface area contributed by atoms with Gasteiger partial charge in [0.1, 0.15) is 18.0 Å². The highest BCUT2D eigenvalue weighted by atomic mass is 16.6. The number of carbonyl (C=O) groups excluding carboxylic acids is 2. The highest BCUT2D eigenvalue weighted by Gasteiger charge is 2.76. The van der Waals surface area contributed by atoms with E-state index in [4.69, 9.17) is 9.47 Å². The number of hydrogen-bond acceptors (Lipinski definition) is 4. The summed E-state index contributed by atoms with van der Waals surface area (Å²) in [6.07, 6.45) is 2.68. The number of aldehydes is 1. The average Bonchev–Trinajstić information content (AvgIpc) is 2.70. The summed E-state index contributed by atoms with van der Waals surface area (Å²) in [6.45, 7) is 7.60. The molecule has 96 valence electrons. The van der Waals surface area contributed by atoms with Crippen molar-refractivity contribution in [2.75, 3.05) is 0 Å². The molecule has 4 heteroatoms. The molecule has 0 aromatic rings. The number of ether oxygens (including phenoxy) is 2.